The maximum absolute atomic E-state index is 12.2. The Morgan fingerprint density at radius 2 is 1.48 bits per heavy atom. The van der Waals surface area contributed by atoms with E-state index in [0.717, 1.165) is 64.2 Å². The molecule has 0 amide bonds. The van der Waals surface area contributed by atoms with Crippen LogP contribution in [0.3, 0.4) is 0 Å². The van der Waals surface area contributed by atoms with Crippen molar-refractivity contribution in [2.75, 3.05) is 6.61 Å². The predicted octanol–water partition coefficient (Wildman–Crippen LogP) is 3.96. The van der Waals surface area contributed by atoms with Gasteiger partial charge in [0.2, 0.25) is 0 Å². The molecule has 5 fully saturated rings. The number of hydrogen-bond donors (Lipinski definition) is 6. The van der Waals surface area contributed by atoms with Crippen molar-refractivity contribution in [2.24, 2.45) is 50.7 Å². The van der Waals surface area contributed by atoms with Crippen molar-refractivity contribution >= 4 is 0 Å². The van der Waals surface area contributed by atoms with Gasteiger partial charge in [-0.25, -0.2) is 0 Å². The fourth-order valence-electron chi connectivity index (χ4n) is 12.2. The zero-order valence-corrected chi connectivity index (χ0v) is 26.8. The summed E-state index contributed by atoms with van der Waals surface area (Å²) in [6.07, 6.45) is 4.71. The van der Waals surface area contributed by atoms with Crippen molar-refractivity contribution in [1.29, 1.82) is 0 Å². The van der Waals surface area contributed by atoms with Crippen LogP contribution in [-0.2, 0) is 4.74 Å². The third kappa shape index (κ3) is 4.30. The third-order valence-electron chi connectivity index (χ3n) is 14.7. The predicted molar refractivity (Wildman–Crippen MR) is 160 cm³/mol. The highest BCUT2D eigenvalue weighted by molar-refractivity contribution is 5.30. The Morgan fingerprint density at radius 1 is 0.786 bits per heavy atom. The second kappa shape index (κ2) is 10.2. The van der Waals surface area contributed by atoms with Gasteiger partial charge in [-0.15, -0.1) is 0 Å². The molecule has 6 N–H and O–H groups in total. The summed E-state index contributed by atoms with van der Waals surface area (Å²) in [6, 6.07) is 0. The number of ether oxygens (including phenoxy) is 1. The topological polar surface area (TPSA) is 131 Å². The van der Waals surface area contributed by atoms with Crippen LogP contribution in [0.2, 0.25) is 0 Å². The van der Waals surface area contributed by atoms with E-state index < -0.39 is 48.6 Å². The SMILES string of the molecule is CC1(C)CC[C@]2(C(O)[C@@H]3OC(CO)[C@@H](O)C(O)C3O)CCC3C(=CCC4[C@@]3(C)CCC3C(C)(C)[C@@H](O)CC[C@@]34C)C2C1. The average molecular weight is 591 g/mol. The molecule has 42 heavy (non-hydrogen) atoms. The van der Waals surface area contributed by atoms with Gasteiger partial charge in [0.25, 0.3) is 0 Å². The van der Waals surface area contributed by atoms with Gasteiger partial charge in [0.05, 0.1) is 18.8 Å². The fraction of sp³-hybridized carbons (Fsp3) is 0.943. The Hall–Kier alpha value is -0.540. The molecule has 0 aromatic carbocycles. The van der Waals surface area contributed by atoms with Crippen LogP contribution in [0.4, 0.5) is 0 Å². The van der Waals surface area contributed by atoms with Gasteiger partial charge in [-0.05, 0) is 110 Å². The van der Waals surface area contributed by atoms with Gasteiger partial charge in [0.1, 0.15) is 30.5 Å². The van der Waals surface area contributed by atoms with Gasteiger partial charge in [-0.2, -0.15) is 0 Å². The molecule has 1 saturated heterocycles. The lowest BCUT2D eigenvalue weighted by Crippen LogP contribution is -2.66. The molecule has 6 rings (SSSR count). The normalized spacial score (nSPS) is 54.0. The molecule has 0 spiro atoms. The lowest BCUT2D eigenvalue weighted by atomic mass is 9.36. The first-order valence-electron chi connectivity index (χ1n) is 16.9. The summed E-state index contributed by atoms with van der Waals surface area (Å²) in [5, 5.41) is 65.0. The Balaban J connectivity index is 1.36. The van der Waals surface area contributed by atoms with Gasteiger partial charge < -0.3 is 35.4 Å². The summed E-state index contributed by atoms with van der Waals surface area (Å²) in [7, 11) is 0. The maximum Gasteiger partial charge on any atom is 0.113 e. The second-order valence-electron chi connectivity index (χ2n) is 17.5. The van der Waals surface area contributed by atoms with Crippen molar-refractivity contribution in [3.8, 4) is 0 Å². The van der Waals surface area contributed by atoms with Crippen LogP contribution < -0.4 is 0 Å². The van der Waals surface area contributed by atoms with Gasteiger partial charge in [-0.3, -0.25) is 0 Å². The Bertz CT molecular complexity index is 1070. The molecule has 0 radical (unpaired) electrons. The minimum Gasteiger partial charge on any atom is -0.394 e. The second-order valence-corrected chi connectivity index (χ2v) is 17.5. The minimum atomic E-state index is -1.48. The molecule has 1 heterocycles. The highest BCUT2D eigenvalue weighted by Crippen LogP contribution is 2.72. The van der Waals surface area contributed by atoms with E-state index in [1.807, 2.05) is 0 Å². The highest BCUT2D eigenvalue weighted by atomic mass is 16.6. The number of fused-ring (bicyclic) bond motifs is 7. The van der Waals surface area contributed by atoms with E-state index in [1.165, 1.54) is 5.57 Å². The zero-order chi connectivity index (χ0) is 30.6. The Labute approximate surface area is 252 Å². The molecule has 14 atom stereocenters. The van der Waals surface area contributed by atoms with Crippen molar-refractivity contribution in [3.63, 3.8) is 0 Å². The summed E-state index contributed by atoms with van der Waals surface area (Å²) < 4.78 is 5.98. The molecule has 8 unspecified atom stereocenters. The smallest absolute Gasteiger partial charge is 0.113 e. The van der Waals surface area contributed by atoms with Crippen molar-refractivity contribution < 1.29 is 35.4 Å². The lowest BCUT2D eigenvalue weighted by molar-refractivity contribution is -0.270. The van der Waals surface area contributed by atoms with E-state index in [0.29, 0.717) is 17.8 Å². The van der Waals surface area contributed by atoms with Crippen LogP contribution in [0, 0.1) is 50.7 Å². The van der Waals surface area contributed by atoms with Crippen molar-refractivity contribution in [2.45, 2.75) is 148 Å². The summed E-state index contributed by atoms with van der Waals surface area (Å²) in [4.78, 5) is 0. The van der Waals surface area contributed by atoms with E-state index in [1.54, 1.807) is 0 Å². The largest absolute Gasteiger partial charge is 0.394 e. The van der Waals surface area contributed by atoms with Crippen LogP contribution in [0.15, 0.2) is 11.6 Å². The summed E-state index contributed by atoms with van der Waals surface area (Å²) in [5.74, 6) is 1.66. The number of hydrogen-bond acceptors (Lipinski definition) is 7. The van der Waals surface area contributed by atoms with Crippen LogP contribution in [0.1, 0.15) is 106 Å². The molecule has 7 heteroatoms. The first-order valence-corrected chi connectivity index (χ1v) is 16.9. The standard InChI is InChI=1S/C35H58O7/c1-31(2)15-16-35(30(41)29-28(40)27(39)26(38)22(18-36)42-29)14-9-20-19(21(35)17-31)7-8-24-33(20,5)12-10-23-32(3,4)25(37)11-13-34(23,24)6/h7,20-30,36-41H,8-18H2,1-6H3/t20?,21?,22?,23?,24?,25-,26+,27?,28?,29+,30?,33-,34-,35+/m0/s1. The number of rotatable bonds is 3. The molecule has 6 aliphatic rings. The third-order valence-corrected chi connectivity index (χ3v) is 14.7. The summed E-state index contributed by atoms with van der Waals surface area (Å²) >= 11 is 0. The van der Waals surface area contributed by atoms with Crippen LogP contribution in [0.25, 0.3) is 0 Å². The lowest BCUT2D eigenvalue weighted by Gasteiger charge is -2.68. The van der Waals surface area contributed by atoms with Crippen molar-refractivity contribution in [3.05, 3.63) is 11.6 Å². The number of allylic oxidation sites excluding steroid dienone is 2. The van der Waals surface area contributed by atoms with Gasteiger partial charge in [0, 0.05) is 5.41 Å². The molecular weight excluding hydrogens is 532 g/mol. The van der Waals surface area contributed by atoms with Gasteiger partial charge in [0.15, 0.2) is 0 Å². The van der Waals surface area contributed by atoms with E-state index in [9.17, 15) is 30.6 Å². The molecule has 240 valence electrons. The molecular formula is C35H58O7. The Morgan fingerprint density at radius 3 is 2.17 bits per heavy atom. The molecule has 4 saturated carbocycles. The maximum atomic E-state index is 12.2. The van der Waals surface area contributed by atoms with Crippen molar-refractivity contribution in [1.82, 2.24) is 0 Å². The Kier molecular flexibility index (Phi) is 7.66. The molecule has 0 aromatic heterocycles. The molecule has 5 aliphatic carbocycles. The summed E-state index contributed by atoms with van der Waals surface area (Å²) in [5.41, 5.74) is 1.39. The van der Waals surface area contributed by atoms with E-state index >= 15 is 0 Å². The van der Waals surface area contributed by atoms with Crippen LogP contribution in [-0.4, -0.2) is 80.0 Å². The van der Waals surface area contributed by atoms with Crippen LogP contribution in [0.5, 0.6) is 0 Å². The van der Waals surface area contributed by atoms with E-state index in [4.69, 9.17) is 4.74 Å². The highest BCUT2D eigenvalue weighted by Gasteiger charge is 2.66. The molecule has 7 nitrogen and oxygen atoms in total. The van der Waals surface area contributed by atoms with Gasteiger partial charge in [-0.1, -0.05) is 53.2 Å². The van der Waals surface area contributed by atoms with E-state index in [2.05, 4.69) is 47.6 Å². The fourth-order valence-corrected chi connectivity index (χ4v) is 12.2. The zero-order valence-electron chi connectivity index (χ0n) is 26.8. The quantitative estimate of drug-likeness (QED) is 0.274. The number of aliphatic hydroxyl groups excluding tert-OH is 6. The first-order chi connectivity index (χ1) is 19.5. The molecule has 0 bridgehead atoms. The number of aliphatic hydroxyl groups is 6. The van der Waals surface area contributed by atoms with Crippen LogP contribution >= 0.6 is 0 Å². The monoisotopic (exact) mass is 590 g/mol. The minimum absolute atomic E-state index is 0.0804. The molecule has 0 aromatic rings. The average Bonchev–Trinajstić information content (AvgIpc) is 2.93. The van der Waals surface area contributed by atoms with E-state index in [-0.39, 0.29) is 33.7 Å². The summed E-state index contributed by atoms with van der Waals surface area (Å²) in [6.45, 7) is 13.8. The first kappa shape index (κ1) is 31.4. The van der Waals surface area contributed by atoms with Gasteiger partial charge >= 0.3 is 0 Å². The molecule has 1 aliphatic heterocycles.